The lowest BCUT2D eigenvalue weighted by atomic mass is 10.1. The molecular formula is C9H13BrN2O. The van der Waals surface area contributed by atoms with Gasteiger partial charge in [-0.3, -0.25) is 4.57 Å². The van der Waals surface area contributed by atoms with Crippen LogP contribution in [0.5, 0.6) is 0 Å². The molecule has 1 rings (SSSR count). The molecule has 0 spiro atoms. The number of alkyl halides is 1. The zero-order valence-electron chi connectivity index (χ0n) is 7.61. The molecule has 0 saturated carbocycles. The van der Waals surface area contributed by atoms with Crippen LogP contribution in [-0.4, -0.2) is 14.9 Å². The van der Waals surface area contributed by atoms with E-state index in [1.54, 1.807) is 16.8 Å². The van der Waals surface area contributed by atoms with Crippen LogP contribution in [0.15, 0.2) is 23.3 Å². The van der Waals surface area contributed by atoms with Crippen LogP contribution in [0.3, 0.4) is 0 Å². The summed E-state index contributed by atoms with van der Waals surface area (Å²) in [4.78, 5) is 14.9. The molecule has 1 unspecified atom stereocenters. The summed E-state index contributed by atoms with van der Waals surface area (Å²) in [5.74, 6) is 0.502. The smallest absolute Gasteiger partial charge is 0.299 e. The Morgan fingerprint density at radius 3 is 3.00 bits per heavy atom. The Kier molecular flexibility index (Phi) is 4.15. The van der Waals surface area contributed by atoms with E-state index in [1.807, 2.05) is 0 Å². The highest BCUT2D eigenvalue weighted by molar-refractivity contribution is 9.09. The van der Waals surface area contributed by atoms with E-state index in [-0.39, 0.29) is 5.69 Å². The first-order valence-electron chi connectivity index (χ1n) is 4.35. The third-order valence-corrected chi connectivity index (χ3v) is 2.95. The number of halogens is 1. The molecule has 0 N–H and O–H groups in total. The molecule has 1 atom stereocenters. The molecule has 0 saturated heterocycles. The largest absolute Gasteiger partial charge is 0.347 e. The fraction of sp³-hybridized carbons (Fsp3) is 0.556. The minimum atomic E-state index is -0.165. The molecule has 72 valence electrons. The summed E-state index contributed by atoms with van der Waals surface area (Å²) < 4.78 is 1.65. The van der Waals surface area contributed by atoms with Crippen LogP contribution in [0, 0.1) is 5.92 Å². The topological polar surface area (TPSA) is 34.9 Å². The van der Waals surface area contributed by atoms with Crippen LogP contribution in [0.2, 0.25) is 0 Å². The van der Waals surface area contributed by atoms with Gasteiger partial charge in [0.1, 0.15) is 0 Å². The van der Waals surface area contributed by atoms with E-state index in [2.05, 4.69) is 27.8 Å². The lowest BCUT2D eigenvalue weighted by Crippen LogP contribution is -2.25. The number of nitrogens with zero attached hydrogens (tertiary/aromatic N) is 2. The van der Waals surface area contributed by atoms with Crippen molar-refractivity contribution >= 4 is 15.9 Å². The third kappa shape index (κ3) is 2.95. The van der Waals surface area contributed by atoms with E-state index in [0.717, 1.165) is 18.3 Å². The van der Waals surface area contributed by atoms with Gasteiger partial charge in [-0.2, -0.15) is 0 Å². The molecule has 0 aromatic carbocycles. The van der Waals surface area contributed by atoms with Crippen LogP contribution in [0.1, 0.15) is 13.3 Å². The second-order valence-corrected chi connectivity index (χ2v) is 3.63. The molecule has 0 amide bonds. The van der Waals surface area contributed by atoms with Gasteiger partial charge < -0.3 is 0 Å². The van der Waals surface area contributed by atoms with Crippen LogP contribution in [0.4, 0.5) is 0 Å². The normalized spacial score (nSPS) is 12.8. The molecule has 0 aliphatic heterocycles. The number of rotatable bonds is 4. The van der Waals surface area contributed by atoms with Crippen molar-refractivity contribution in [3.63, 3.8) is 0 Å². The maximum Gasteiger partial charge on any atom is 0.347 e. The van der Waals surface area contributed by atoms with Crippen LogP contribution in [-0.2, 0) is 6.54 Å². The van der Waals surface area contributed by atoms with Gasteiger partial charge in [-0.1, -0.05) is 29.3 Å². The predicted octanol–water partition coefficient (Wildman–Crippen LogP) is 1.66. The molecule has 0 aliphatic carbocycles. The van der Waals surface area contributed by atoms with Crippen molar-refractivity contribution in [2.45, 2.75) is 19.9 Å². The average molecular weight is 245 g/mol. The number of aromatic nitrogens is 2. The van der Waals surface area contributed by atoms with Crippen molar-refractivity contribution < 1.29 is 0 Å². The molecule has 1 aromatic heterocycles. The molecule has 4 heteroatoms. The van der Waals surface area contributed by atoms with Gasteiger partial charge in [-0.15, -0.1) is 0 Å². The Labute approximate surface area is 85.9 Å². The molecule has 0 bridgehead atoms. The summed E-state index contributed by atoms with van der Waals surface area (Å²) in [6, 6.07) is 1.78. The van der Waals surface area contributed by atoms with Gasteiger partial charge in [-0.25, -0.2) is 9.78 Å². The van der Waals surface area contributed by atoms with Gasteiger partial charge in [-0.05, 0) is 12.0 Å². The van der Waals surface area contributed by atoms with E-state index in [0.29, 0.717) is 5.92 Å². The Balaban J connectivity index is 2.73. The van der Waals surface area contributed by atoms with E-state index in [1.165, 1.54) is 6.20 Å². The summed E-state index contributed by atoms with van der Waals surface area (Å²) in [5.41, 5.74) is -0.165. The molecule has 3 nitrogen and oxygen atoms in total. The highest BCUT2D eigenvalue weighted by Crippen LogP contribution is 2.07. The van der Waals surface area contributed by atoms with Crippen LogP contribution < -0.4 is 5.69 Å². The summed E-state index contributed by atoms with van der Waals surface area (Å²) in [6.45, 7) is 2.86. The zero-order valence-corrected chi connectivity index (χ0v) is 9.20. The lowest BCUT2D eigenvalue weighted by Gasteiger charge is -2.12. The molecule has 1 aromatic rings. The highest BCUT2D eigenvalue weighted by atomic mass is 79.9. The van der Waals surface area contributed by atoms with Crippen molar-refractivity contribution in [2.24, 2.45) is 5.92 Å². The Bertz CT molecular complexity index is 306. The standard InChI is InChI=1S/C9H13BrN2O/c1-2-8(6-10)7-12-5-3-4-11-9(12)13/h3-5,8H,2,6-7H2,1H3. The van der Waals surface area contributed by atoms with Crippen molar-refractivity contribution in [2.75, 3.05) is 5.33 Å². The first kappa shape index (κ1) is 10.4. The first-order chi connectivity index (χ1) is 6.27. The molecular weight excluding hydrogens is 232 g/mol. The van der Waals surface area contributed by atoms with Crippen molar-refractivity contribution in [3.8, 4) is 0 Å². The SMILES string of the molecule is CCC(CBr)Cn1cccnc1=O. The molecule has 13 heavy (non-hydrogen) atoms. The zero-order chi connectivity index (χ0) is 9.68. The average Bonchev–Trinajstić information content (AvgIpc) is 2.17. The molecule has 0 radical (unpaired) electrons. The van der Waals surface area contributed by atoms with Crippen molar-refractivity contribution in [1.29, 1.82) is 0 Å². The monoisotopic (exact) mass is 244 g/mol. The van der Waals surface area contributed by atoms with E-state index < -0.39 is 0 Å². The van der Waals surface area contributed by atoms with Gasteiger partial charge in [0.05, 0.1) is 0 Å². The molecule has 1 heterocycles. The van der Waals surface area contributed by atoms with Gasteiger partial charge in [0.25, 0.3) is 0 Å². The van der Waals surface area contributed by atoms with Crippen LogP contribution in [0.25, 0.3) is 0 Å². The minimum Gasteiger partial charge on any atom is -0.299 e. The summed E-state index contributed by atoms with van der Waals surface area (Å²) >= 11 is 3.42. The van der Waals surface area contributed by atoms with Crippen molar-refractivity contribution in [3.05, 3.63) is 28.9 Å². The highest BCUT2D eigenvalue weighted by Gasteiger charge is 2.05. The summed E-state index contributed by atoms with van der Waals surface area (Å²) in [5, 5.41) is 0.921. The fourth-order valence-corrected chi connectivity index (χ4v) is 1.75. The van der Waals surface area contributed by atoms with Crippen molar-refractivity contribution in [1.82, 2.24) is 9.55 Å². The van der Waals surface area contributed by atoms with E-state index in [9.17, 15) is 4.79 Å². The first-order valence-corrected chi connectivity index (χ1v) is 5.47. The second kappa shape index (κ2) is 5.17. The van der Waals surface area contributed by atoms with Gasteiger partial charge in [0.2, 0.25) is 0 Å². The fourth-order valence-electron chi connectivity index (χ4n) is 1.09. The third-order valence-electron chi connectivity index (χ3n) is 2.03. The van der Waals surface area contributed by atoms with Gasteiger partial charge >= 0.3 is 5.69 Å². The van der Waals surface area contributed by atoms with Gasteiger partial charge in [0, 0.05) is 24.3 Å². The lowest BCUT2D eigenvalue weighted by molar-refractivity contribution is 0.463. The quantitative estimate of drug-likeness (QED) is 0.756. The predicted molar refractivity (Wildman–Crippen MR) is 56.1 cm³/mol. The summed E-state index contributed by atoms with van der Waals surface area (Å²) in [7, 11) is 0. The maximum absolute atomic E-state index is 11.2. The number of hydrogen-bond donors (Lipinski definition) is 0. The Hall–Kier alpha value is -0.640. The van der Waals surface area contributed by atoms with E-state index >= 15 is 0 Å². The number of hydrogen-bond acceptors (Lipinski definition) is 2. The maximum atomic E-state index is 11.2. The minimum absolute atomic E-state index is 0.165. The summed E-state index contributed by atoms with van der Waals surface area (Å²) in [6.07, 6.45) is 4.36. The Morgan fingerprint density at radius 2 is 2.46 bits per heavy atom. The van der Waals surface area contributed by atoms with E-state index in [4.69, 9.17) is 0 Å². The van der Waals surface area contributed by atoms with Crippen LogP contribution >= 0.6 is 15.9 Å². The Morgan fingerprint density at radius 1 is 1.69 bits per heavy atom. The molecule has 0 aliphatic rings. The van der Waals surface area contributed by atoms with Gasteiger partial charge in [0.15, 0.2) is 0 Å². The molecule has 0 fully saturated rings. The second-order valence-electron chi connectivity index (χ2n) is 2.98.